The molecule has 0 aliphatic heterocycles. The molecule has 2 rings (SSSR count). The normalized spacial score (nSPS) is 12.4. The molecule has 1 aromatic heterocycles. The van der Waals surface area contributed by atoms with Crippen molar-refractivity contribution in [1.82, 2.24) is 9.29 Å². The van der Waals surface area contributed by atoms with Crippen LogP contribution in [0.1, 0.15) is 66.7 Å². The minimum Gasteiger partial charge on any atom is -0.302 e. The molecule has 28 heavy (non-hydrogen) atoms. The topological polar surface area (TPSA) is 79.4 Å². The highest BCUT2D eigenvalue weighted by molar-refractivity contribution is 7.89. The lowest BCUT2D eigenvalue weighted by Crippen LogP contribution is -2.41. The van der Waals surface area contributed by atoms with Crippen LogP contribution in [0.2, 0.25) is 0 Å². The predicted octanol–water partition coefficient (Wildman–Crippen LogP) is 5.01. The number of unbranched alkanes of at least 4 members (excludes halogenated alkanes) is 3. The smallest absolute Gasteiger partial charge is 0.243 e. The van der Waals surface area contributed by atoms with Crippen LogP contribution in [0.25, 0.3) is 10.2 Å². The first-order valence-electron chi connectivity index (χ1n) is 9.90. The maximum Gasteiger partial charge on any atom is 0.243 e. The van der Waals surface area contributed by atoms with Gasteiger partial charge in [0.05, 0.1) is 15.1 Å². The van der Waals surface area contributed by atoms with Crippen LogP contribution in [-0.2, 0) is 14.8 Å². The molecule has 1 amide bonds. The summed E-state index contributed by atoms with van der Waals surface area (Å²) in [5.74, 6) is -0.0474. The summed E-state index contributed by atoms with van der Waals surface area (Å²) >= 11 is 1.30. The van der Waals surface area contributed by atoms with Gasteiger partial charge in [0, 0.05) is 18.5 Å². The van der Waals surface area contributed by atoms with Crippen LogP contribution in [-0.4, -0.2) is 35.7 Å². The number of benzene rings is 1. The number of anilines is 1. The van der Waals surface area contributed by atoms with Gasteiger partial charge in [-0.15, -0.1) is 0 Å². The first kappa shape index (κ1) is 22.8. The fourth-order valence-electron chi connectivity index (χ4n) is 3.29. The van der Waals surface area contributed by atoms with Crippen LogP contribution in [0.3, 0.4) is 0 Å². The number of amides is 1. The molecule has 0 radical (unpaired) electrons. The third-order valence-corrected chi connectivity index (χ3v) is 7.64. The third kappa shape index (κ3) is 5.52. The molecule has 0 aliphatic carbocycles. The molecule has 1 aromatic carbocycles. The fourth-order valence-corrected chi connectivity index (χ4v) is 6.14. The van der Waals surface area contributed by atoms with Crippen LogP contribution < -0.4 is 5.32 Å². The Morgan fingerprint density at radius 2 is 1.82 bits per heavy atom. The highest BCUT2D eigenvalue weighted by Crippen LogP contribution is 2.30. The number of fused-ring (bicyclic) bond motifs is 1. The maximum absolute atomic E-state index is 13.1. The van der Waals surface area contributed by atoms with Crippen molar-refractivity contribution in [3.63, 3.8) is 0 Å². The third-order valence-electron chi connectivity index (χ3n) is 4.46. The van der Waals surface area contributed by atoms with Gasteiger partial charge in [-0.05, 0) is 52.3 Å². The zero-order valence-electron chi connectivity index (χ0n) is 17.4. The molecule has 0 spiro atoms. The van der Waals surface area contributed by atoms with Gasteiger partial charge < -0.3 is 5.32 Å². The second-order valence-electron chi connectivity index (χ2n) is 7.53. The number of nitrogens with one attached hydrogen (secondary N) is 1. The number of rotatable bonds is 10. The molecule has 1 N–H and O–H groups in total. The van der Waals surface area contributed by atoms with E-state index in [0.29, 0.717) is 17.1 Å². The van der Waals surface area contributed by atoms with Gasteiger partial charge in [0.2, 0.25) is 15.9 Å². The standard InChI is InChI=1S/C20H31N3O3S2/c1-6-7-8-9-10-19(24)22-20-21-17-12-11-16(13-18(17)27-20)28(25,26)23(14(2)3)15(4)5/h11-15H,6-10H2,1-5H3,(H,21,22,24). The fraction of sp³-hybridized carbons (Fsp3) is 0.600. The summed E-state index contributed by atoms with van der Waals surface area (Å²) in [6.45, 7) is 9.62. The number of carbonyl (C=O) groups is 1. The molecule has 0 unspecified atom stereocenters. The van der Waals surface area contributed by atoms with Crippen molar-refractivity contribution in [1.29, 1.82) is 0 Å². The van der Waals surface area contributed by atoms with Crippen LogP contribution >= 0.6 is 11.3 Å². The van der Waals surface area contributed by atoms with Gasteiger partial charge >= 0.3 is 0 Å². The molecule has 1 heterocycles. The Morgan fingerprint density at radius 1 is 1.14 bits per heavy atom. The Bertz CT molecular complexity index is 897. The number of aromatic nitrogens is 1. The molecule has 0 fully saturated rings. The molecule has 156 valence electrons. The van der Waals surface area contributed by atoms with Crippen LogP contribution in [0.4, 0.5) is 5.13 Å². The Labute approximate surface area is 172 Å². The van der Waals surface area contributed by atoms with E-state index in [0.717, 1.165) is 30.4 Å². The molecule has 8 heteroatoms. The Hall–Kier alpha value is -1.51. The van der Waals surface area contributed by atoms with E-state index in [1.54, 1.807) is 18.2 Å². The van der Waals surface area contributed by atoms with E-state index in [-0.39, 0.29) is 22.9 Å². The summed E-state index contributed by atoms with van der Waals surface area (Å²) in [4.78, 5) is 16.7. The van der Waals surface area contributed by atoms with Crippen molar-refractivity contribution in [2.24, 2.45) is 0 Å². The van der Waals surface area contributed by atoms with Crippen LogP contribution in [0, 0.1) is 0 Å². The summed E-state index contributed by atoms with van der Waals surface area (Å²) in [6.07, 6.45) is 4.67. The van der Waals surface area contributed by atoms with Gasteiger partial charge in [-0.25, -0.2) is 13.4 Å². The molecule has 0 saturated carbocycles. The number of hydrogen-bond donors (Lipinski definition) is 1. The van der Waals surface area contributed by atoms with Crippen molar-refractivity contribution in [3.8, 4) is 0 Å². The highest BCUT2D eigenvalue weighted by Gasteiger charge is 2.29. The van der Waals surface area contributed by atoms with Crippen LogP contribution in [0.5, 0.6) is 0 Å². The average molecular weight is 426 g/mol. The molecule has 0 saturated heterocycles. The largest absolute Gasteiger partial charge is 0.302 e. The molecule has 0 atom stereocenters. The number of carbonyl (C=O) groups excluding carboxylic acids is 1. The molecule has 0 aliphatic rings. The lowest BCUT2D eigenvalue weighted by Gasteiger charge is -2.29. The number of hydrogen-bond acceptors (Lipinski definition) is 5. The second-order valence-corrected chi connectivity index (χ2v) is 10.4. The lowest BCUT2D eigenvalue weighted by atomic mass is 10.1. The second kappa shape index (κ2) is 9.80. The number of thiazole rings is 1. The summed E-state index contributed by atoms with van der Waals surface area (Å²) in [6, 6.07) is 4.67. The summed E-state index contributed by atoms with van der Waals surface area (Å²) in [7, 11) is -3.60. The molecular weight excluding hydrogens is 394 g/mol. The van der Waals surface area contributed by atoms with Gasteiger partial charge in [-0.3, -0.25) is 4.79 Å². The number of nitrogens with zero attached hydrogens (tertiary/aromatic N) is 2. The van der Waals surface area contributed by atoms with E-state index in [1.807, 2.05) is 27.7 Å². The maximum atomic E-state index is 13.1. The number of sulfonamides is 1. The lowest BCUT2D eigenvalue weighted by molar-refractivity contribution is -0.116. The Morgan fingerprint density at radius 3 is 2.43 bits per heavy atom. The summed E-state index contributed by atoms with van der Waals surface area (Å²) in [5, 5.41) is 3.34. The van der Waals surface area contributed by atoms with E-state index in [2.05, 4.69) is 17.2 Å². The monoisotopic (exact) mass is 425 g/mol. The summed E-state index contributed by atoms with van der Waals surface area (Å²) < 4.78 is 28.4. The van der Waals surface area contributed by atoms with Gasteiger partial charge in [0.1, 0.15) is 0 Å². The van der Waals surface area contributed by atoms with Crippen molar-refractivity contribution >= 4 is 42.6 Å². The van der Waals surface area contributed by atoms with Crippen molar-refractivity contribution in [3.05, 3.63) is 18.2 Å². The van der Waals surface area contributed by atoms with Gasteiger partial charge in [-0.2, -0.15) is 4.31 Å². The van der Waals surface area contributed by atoms with Gasteiger partial charge in [0.15, 0.2) is 5.13 Å². The van der Waals surface area contributed by atoms with E-state index < -0.39 is 10.0 Å². The molecule has 0 bridgehead atoms. The van der Waals surface area contributed by atoms with Gasteiger partial charge in [-0.1, -0.05) is 37.5 Å². The van der Waals surface area contributed by atoms with E-state index in [9.17, 15) is 13.2 Å². The predicted molar refractivity (Wildman–Crippen MR) is 116 cm³/mol. The minimum absolute atomic E-state index is 0.0474. The molecule has 6 nitrogen and oxygen atoms in total. The highest BCUT2D eigenvalue weighted by atomic mass is 32.2. The van der Waals surface area contributed by atoms with Crippen molar-refractivity contribution in [2.45, 2.75) is 83.7 Å². The Balaban J connectivity index is 2.19. The quantitative estimate of drug-likeness (QED) is 0.543. The zero-order valence-corrected chi connectivity index (χ0v) is 19.0. The van der Waals surface area contributed by atoms with E-state index >= 15 is 0 Å². The summed E-state index contributed by atoms with van der Waals surface area (Å²) in [5.41, 5.74) is 0.686. The average Bonchev–Trinajstić information content (AvgIpc) is 2.98. The molecule has 2 aromatic rings. The first-order chi connectivity index (χ1) is 13.2. The molecular formula is C20H31N3O3S2. The minimum atomic E-state index is -3.60. The van der Waals surface area contributed by atoms with E-state index in [1.165, 1.54) is 15.6 Å². The zero-order chi connectivity index (χ0) is 20.9. The van der Waals surface area contributed by atoms with Crippen LogP contribution in [0.15, 0.2) is 23.1 Å². The van der Waals surface area contributed by atoms with Crippen molar-refractivity contribution < 1.29 is 13.2 Å². The van der Waals surface area contributed by atoms with Gasteiger partial charge in [0.25, 0.3) is 0 Å². The van der Waals surface area contributed by atoms with Crippen molar-refractivity contribution in [2.75, 3.05) is 5.32 Å². The Kier molecular flexibility index (Phi) is 7.97. The van der Waals surface area contributed by atoms with E-state index in [4.69, 9.17) is 0 Å². The first-order valence-corrected chi connectivity index (χ1v) is 12.2. The SMILES string of the molecule is CCCCCCC(=O)Nc1nc2ccc(S(=O)(=O)N(C(C)C)C(C)C)cc2s1.